The summed E-state index contributed by atoms with van der Waals surface area (Å²) in [4.78, 5) is 0. The molecule has 1 aliphatic rings. The van der Waals surface area contributed by atoms with Gasteiger partial charge in [-0.3, -0.25) is 0 Å². The van der Waals surface area contributed by atoms with E-state index in [4.69, 9.17) is 0 Å². The summed E-state index contributed by atoms with van der Waals surface area (Å²) in [5.41, 5.74) is 8.27. The molecule has 5 aromatic rings. The molecule has 0 N–H and O–H groups in total. The fourth-order valence-corrected chi connectivity index (χ4v) is 5.22. The zero-order chi connectivity index (χ0) is 20.8. The van der Waals surface area contributed by atoms with Gasteiger partial charge in [-0.25, -0.2) is 0 Å². The molecule has 0 amide bonds. The van der Waals surface area contributed by atoms with E-state index in [9.17, 15) is 0 Å². The van der Waals surface area contributed by atoms with Crippen LogP contribution in [-0.2, 0) is 0 Å². The van der Waals surface area contributed by atoms with Crippen molar-refractivity contribution in [2.45, 2.75) is 32.1 Å². The predicted molar refractivity (Wildman–Crippen MR) is 134 cm³/mol. The highest BCUT2D eigenvalue weighted by Gasteiger charge is 2.23. The Morgan fingerprint density at radius 3 is 2.16 bits per heavy atom. The Morgan fingerprint density at radius 1 is 0.613 bits per heavy atom. The highest BCUT2D eigenvalue weighted by molar-refractivity contribution is 6.13. The molecule has 0 radical (unpaired) electrons. The smallest absolute Gasteiger partial charge is 0.00730 e. The number of rotatable bonds is 3. The number of benzene rings is 5. The molecule has 0 heterocycles. The molecular weight excluding hydrogens is 372 g/mol. The van der Waals surface area contributed by atoms with E-state index >= 15 is 0 Å². The van der Waals surface area contributed by atoms with Crippen molar-refractivity contribution in [3.05, 3.63) is 108 Å². The number of fused-ring (bicyclic) bond motifs is 3. The van der Waals surface area contributed by atoms with E-state index in [1.807, 2.05) is 0 Å². The van der Waals surface area contributed by atoms with Crippen molar-refractivity contribution in [1.29, 1.82) is 0 Å². The Morgan fingerprint density at radius 2 is 1.35 bits per heavy atom. The SMILES string of the molecule is Cc1ccc2c(ccc3cc(-c4ccccc4)ccc32)c1-c1ccccc1C1CCC1. The molecule has 150 valence electrons. The third-order valence-electron chi connectivity index (χ3n) is 7.11. The van der Waals surface area contributed by atoms with Gasteiger partial charge in [-0.1, -0.05) is 97.4 Å². The summed E-state index contributed by atoms with van der Waals surface area (Å²) in [5, 5.41) is 5.35. The molecule has 0 heteroatoms. The fraction of sp³-hybridized carbons (Fsp3) is 0.161. The first kappa shape index (κ1) is 18.4. The molecule has 0 aromatic heterocycles. The maximum Gasteiger partial charge on any atom is -0.00730 e. The zero-order valence-corrected chi connectivity index (χ0v) is 17.9. The average molecular weight is 399 g/mol. The van der Waals surface area contributed by atoms with Gasteiger partial charge in [0.2, 0.25) is 0 Å². The minimum atomic E-state index is 0.722. The summed E-state index contributed by atoms with van der Waals surface area (Å²) in [6, 6.07) is 35.9. The van der Waals surface area contributed by atoms with E-state index in [0.29, 0.717) is 0 Å². The molecule has 6 rings (SSSR count). The maximum atomic E-state index is 2.35. The largest absolute Gasteiger partial charge is 0.0622 e. The Kier molecular flexibility index (Phi) is 4.39. The Balaban J connectivity index is 1.57. The van der Waals surface area contributed by atoms with E-state index in [0.717, 1.165) is 5.92 Å². The highest BCUT2D eigenvalue weighted by atomic mass is 14.3. The lowest BCUT2D eigenvalue weighted by molar-refractivity contribution is 0.420. The van der Waals surface area contributed by atoms with Crippen LogP contribution >= 0.6 is 0 Å². The van der Waals surface area contributed by atoms with Gasteiger partial charge in [-0.2, -0.15) is 0 Å². The van der Waals surface area contributed by atoms with Gasteiger partial charge in [0.05, 0.1) is 0 Å². The minimum absolute atomic E-state index is 0.722. The van der Waals surface area contributed by atoms with Crippen LogP contribution < -0.4 is 0 Å². The maximum absolute atomic E-state index is 2.35. The molecule has 1 aliphatic carbocycles. The molecule has 0 spiro atoms. The molecule has 0 aliphatic heterocycles. The van der Waals surface area contributed by atoms with Gasteiger partial charge in [0, 0.05) is 0 Å². The van der Waals surface area contributed by atoms with Crippen LogP contribution in [0.2, 0.25) is 0 Å². The van der Waals surface area contributed by atoms with Crippen LogP contribution in [0.3, 0.4) is 0 Å². The van der Waals surface area contributed by atoms with E-state index in [1.54, 1.807) is 0 Å². The molecular formula is C31H26. The van der Waals surface area contributed by atoms with E-state index < -0.39 is 0 Å². The third kappa shape index (κ3) is 3.06. The summed E-state index contributed by atoms with van der Waals surface area (Å²) in [6.07, 6.45) is 4.01. The van der Waals surface area contributed by atoms with E-state index in [1.165, 1.54) is 74.2 Å². The third-order valence-corrected chi connectivity index (χ3v) is 7.11. The fourth-order valence-electron chi connectivity index (χ4n) is 5.22. The van der Waals surface area contributed by atoms with E-state index in [2.05, 4.69) is 104 Å². The first-order valence-electron chi connectivity index (χ1n) is 11.4. The Bertz CT molecular complexity index is 1400. The second kappa shape index (κ2) is 7.39. The van der Waals surface area contributed by atoms with Gasteiger partial charge in [0.1, 0.15) is 0 Å². The molecule has 0 bridgehead atoms. The van der Waals surface area contributed by atoms with Gasteiger partial charge in [0.25, 0.3) is 0 Å². The second-order valence-electron chi connectivity index (χ2n) is 8.94. The molecule has 0 unspecified atom stereocenters. The van der Waals surface area contributed by atoms with Gasteiger partial charge in [-0.15, -0.1) is 0 Å². The quantitative estimate of drug-likeness (QED) is 0.266. The predicted octanol–water partition coefficient (Wildman–Crippen LogP) is 8.90. The summed E-state index contributed by atoms with van der Waals surface area (Å²) < 4.78 is 0. The average Bonchev–Trinajstić information content (AvgIpc) is 2.78. The molecule has 31 heavy (non-hydrogen) atoms. The summed E-state index contributed by atoms with van der Waals surface area (Å²) in [7, 11) is 0. The van der Waals surface area contributed by atoms with Crippen LogP contribution in [0.4, 0.5) is 0 Å². The molecule has 5 aromatic carbocycles. The first-order valence-corrected chi connectivity index (χ1v) is 11.4. The molecule has 1 fully saturated rings. The molecule has 0 atom stereocenters. The summed E-state index contributed by atoms with van der Waals surface area (Å²) in [6.45, 7) is 2.26. The number of hydrogen-bond donors (Lipinski definition) is 0. The Labute approximate surface area is 184 Å². The standard InChI is InChI=1S/C31H26/c1-21-14-17-28-27-18-15-24(22-8-3-2-4-9-22)20-25(27)16-19-30(28)31(21)29-13-6-5-12-26(29)23-10-7-11-23/h2-6,8-9,12-20,23H,7,10-11H2,1H3. The van der Waals surface area contributed by atoms with Crippen LogP contribution in [0.15, 0.2) is 97.1 Å². The van der Waals surface area contributed by atoms with Crippen molar-refractivity contribution in [2.75, 3.05) is 0 Å². The van der Waals surface area contributed by atoms with Crippen LogP contribution in [-0.4, -0.2) is 0 Å². The van der Waals surface area contributed by atoms with Crippen molar-refractivity contribution in [3.8, 4) is 22.3 Å². The molecule has 1 saturated carbocycles. The van der Waals surface area contributed by atoms with Crippen LogP contribution in [0, 0.1) is 6.92 Å². The van der Waals surface area contributed by atoms with Gasteiger partial charge < -0.3 is 0 Å². The van der Waals surface area contributed by atoms with Crippen LogP contribution in [0.1, 0.15) is 36.3 Å². The van der Waals surface area contributed by atoms with Gasteiger partial charge >= 0.3 is 0 Å². The van der Waals surface area contributed by atoms with Crippen molar-refractivity contribution >= 4 is 21.5 Å². The lowest BCUT2D eigenvalue weighted by Crippen LogP contribution is -2.10. The summed E-state index contributed by atoms with van der Waals surface area (Å²) in [5.74, 6) is 0.722. The minimum Gasteiger partial charge on any atom is -0.0622 e. The normalized spacial score (nSPS) is 14.1. The Hall–Kier alpha value is -3.38. The van der Waals surface area contributed by atoms with Gasteiger partial charge in [-0.05, 0) is 86.7 Å². The molecule has 0 nitrogen and oxygen atoms in total. The second-order valence-corrected chi connectivity index (χ2v) is 8.94. The van der Waals surface area contributed by atoms with Crippen molar-refractivity contribution in [3.63, 3.8) is 0 Å². The van der Waals surface area contributed by atoms with Crippen molar-refractivity contribution in [2.24, 2.45) is 0 Å². The first-order chi connectivity index (χ1) is 15.3. The monoisotopic (exact) mass is 398 g/mol. The van der Waals surface area contributed by atoms with Crippen LogP contribution in [0.5, 0.6) is 0 Å². The number of hydrogen-bond acceptors (Lipinski definition) is 0. The highest BCUT2D eigenvalue weighted by Crippen LogP contribution is 2.44. The van der Waals surface area contributed by atoms with Crippen molar-refractivity contribution < 1.29 is 0 Å². The lowest BCUT2D eigenvalue weighted by atomic mass is 9.76. The van der Waals surface area contributed by atoms with Crippen molar-refractivity contribution in [1.82, 2.24) is 0 Å². The van der Waals surface area contributed by atoms with Gasteiger partial charge in [0.15, 0.2) is 0 Å². The molecule has 0 saturated heterocycles. The summed E-state index contributed by atoms with van der Waals surface area (Å²) >= 11 is 0. The number of aryl methyl sites for hydroxylation is 1. The van der Waals surface area contributed by atoms with Crippen LogP contribution in [0.25, 0.3) is 43.8 Å². The topological polar surface area (TPSA) is 0 Å². The lowest BCUT2D eigenvalue weighted by Gasteiger charge is -2.28. The van der Waals surface area contributed by atoms with E-state index in [-0.39, 0.29) is 0 Å². The zero-order valence-electron chi connectivity index (χ0n) is 17.9.